The van der Waals surface area contributed by atoms with Crippen LogP contribution >= 0.6 is 11.8 Å². The molecule has 8 heteroatoms. The molecule has 0 aliphatic carbocycles. The van der Waals surface area contributed by atoms with Gasteiger partial charge in [0.2, 0.25) is 5.91 Å². The van der Waals surface area contributed by atoms with Crippen LogP contribution in [0.15, 0.2) is 45.3 Å². The number of carbonyl (C=O) groups is 1. The van der Waals surface area contributed by atoms with Crippen molar-refractivity contribution in [2.75, 3.05) is 0 Å². The van der Waals surface area contributed by atoms with E-state index in [0.717, 1.165) is 5.69 Å². The van der Waals surface area contributed by atoms with E-state index in [2.05, 4.69) is 20.6 Å². The van der Waals surface area contributed by atoms with Gasteiger partial charge in [-0.1, -0.05) is 30.0 Å². The molecule has 0 bridgehead atoms. The molecule has 0 radical (unpaired) electrons. The van der Waals surface area contributed by atoms with Gasteiger partial charge in [0, 0.05) is 5.69 Å². The first-order chi connectivity index (χ1) is 11.5. The summed E-state index contributed by atoms with van der Waals surface area (Å²) in [4.78, 5) is 24.1. The van der Waals surface area contributed by atoms with Crippen LogP contribution in [0.2, 0.25) is 0 Å². The Balaban J connectivity index is 1.94. The van der Waals surface area contributed by atoms with Crippen LogP contribution in [-0.4, -0.2) is 31.8 Å². The number of thioether (sulfide) groups is 1. The van der Waals surface area contributed by atoms with E-state index < -0.39 is 0 Å². The Morgan fingerprint density at radius 1 is 1.25 bits per heavy atom. The molecule has 1 aliphatic rings. The summed E-state index contributed by atoms with van der Waals surface area (Å²) in [7, 11) is 0. The number of nitrogens with one attached hydrogen (secondary N) is 2. The molecule has 1 saturated heterocycles. The summed E-state index contributed by atoms with van der Waals surface area (Å²) in [5.74, 6) is -0.0872. The number of benzene rings is 1. The zero-order valence-electron chi connectivity index (χ0n) is 13.5. The molecule has 1 amide bonds. The summed E-state index contributed by atoms with van der Waals surface area (Å²) in [5, 5.41) is 14.1. The first kappa shape index (κ1) is 16.3. The van der Waals surface area contributed by atoms with Crippen LogP contribution < -0.4 is 10.9 Å². The van der Waals surface area contributed by atoms with Crippen molar-refractivity contribution in [2.24, 2.45) is 10.2 Å². The zero-order valence-corrected chi connectivity index (χ0v) is 14.3. The third kappa shape index (κ3) is 3.05. The SMILES string of the molecule is CC(=NN=C1NC(=O)C(C)S1)c1c(C)[nH]n(-c2ccccc2)c1=O. The maximum absolute atomic E-state index is 12.7. The molecule has 1 aromatic carbocycles. The number of amidine groups is 1. The fourth-order valence-corrected chi connectivity index (χ4v) is 3.16. The van der Waals surface area contributed by atoms with Crippen LogP contribution in [0.5, 0.6) is 0 Å². The van der Waals surface area contributed by atoms with Crippen molar-refractivity contribution in [3.8, 4) is 5.69 Å². The Morgan fingerprint density at radius 2 is 1.96 bits per heavy atom. The van der Waals surface area contributed by atoms with E-state index in [4.69, 9.17) is 0 Å². The molecule has 2 heterocycles. The quantitative estimate of drug-likeness (QED) is 0.657. The summed E-state index contributed by atoms with van der Waals surface area (Å²) in [6.07, 6.45) is 0. The van der Waals surface area contributed by atoms with Gasteiger partial charge >= 0.3 is 0 Å². The van der Waals surface area contributed by atoms with Gasteiger partial charge in [0.1, 0.15) is 0 Å². The lowest BCUT2D eigenvalue weighted by atomic mass is 10.2. The van der Waals surface area contributed by atoms with Crippen molar-refractivity contribution in [1.82, 2.24) is 15.1 Å². The van der Waals surface area contributed by atoms with Crippen LogP contribution in [0, 0.1) is 6.92 Å². The van der Waals surface area contributed by atoms with Crippen molar-refractivity contribution in [3.05, 3.63) is 51.9 Å². The minimum atomic E-state index is -0.184. The molecule has 3 rings (SSSR count). The zero-order chi connectivity index (χ0) is 17.3. The third-order valence-corrected chi connectivity index (χ3v) is 4.60. The fourth-order valence-electron chi connectivity index (χ4n) is 2.41. The lowest BCUT2D eigenvalue weighted by Gasteiger charge is -1.99. The van der Waals surface area contributed by atoms with E-state index in [-0.39, 0.29) is 16.7 Å². The van der Waals surface area contributed by atoms with Crippen molar-refractivity contribution < 1.29 is 4.79 Å². The summed E-state index contributed by atoms with van der Waals surface area (Å²) >= 11 is 1.31. The molecule has 0 saturated carbocycles. The minimum Gasteiger partial charge on any atom is -0.303 e. The number of para-hydroxylation sites is 1. The fraction of sp³-hybridized carbons (Fsp3) is 0.250. The number of nitrogens with zero attached hydrogens (tertiary/aromatic N) is 3. The molecule has 1 aliphatic heterocycles. The Labute approximate surface area is 142 Å². The number of hydrogen-bond donors (Lipinski definition) is 2. The maximum Gasteiger partial charge on any atom is 0.280 e. The third-order valence-electron chi connectivity index (χ3n) is 3.63. The highest BCUT2D eigenvalue weighted by Crippen LogP contribution is 2.18. The van der Waals surface area contributed by atoms with Crippen molar-refractivity contribution >= 4 is 28.5 Å². The molecule has 124 valence electrons. The molecular weight excluding hydrogens is 326 g/mol. The number of rotatable bonds is 3. The minimum absolute atomic E-state index is 0.0872. The maximum atomic E-state index is 12.7. The van der Waals surface area contributed by atoms with E-state index in [0.29, 0.717) is 22.1 Å². The van der Waals surface area contributed by atoms with Gasteiger partial charge in [-0.25, -0.2) is 4.68 Å². The Morgan fingerprint density at radius 3 is 2.58 bits per heavy atom. The summed E-state index contributed by atoms with van der Waals surface area (Å²) < 4.78 is 1.48. The molecule has 1 aromatic heterocycles. The number of aryl methyl sites for hydroxylation is 1. The molecule has 2 aromatic rings. The van der Waals surface area contributed by atoms with Gasteiger partial charge < -0.3 is 5.32 Å². The van der Waals surface area contributed by atoms with Gasteiger partial charge in [0.25, 0.3) is 5.56 Å². The molecule has 7 nitrogen and oxygen atoms in total. The lowest BCUT2D eigenvalue weighted by Crippen LogP contribution is -2.23. The normalized spacial score (nSPS) is 19.8. The van der Waals surface area contributed by atoms with Crippen LogP contribution in [0.4, 0.5) is 0 Å². The molecule has 2 N–H and O–H groups in total. The summed E-state index contributed by atoms with van der Waals surface area (Å²) in [6.45, 7) is 5.34. The van der Waals surface area contributed by atoms with Gasteiger partial charge in [0.05, 0.1) is 22.2 Å². The molecular formula is C16H17N5O2S. The number of hydrogen-bond acceptors (Lipinski definition) is 5. The van der Waals surface area contributed by atoms with Gasteiger partial charge in [-0.2, -0.15) is 5.10 Å². The smallest absolute Gasteiger partial charge is 0.280 e. The number of carbonyl (C=O) groups excluding carboxylic acids is 1. The number of H-pyrrole nitrogens is 1. The van der Waals surface area contributed by atoms with Gasteiger partial charge in [-0.15, -0.1) is 5.10 Å². The van der Waals surface area contributed by atoms with Gasteiger partial charge in [0.15, 0.2) is 5.17 Å². The lowest BCUT2D eigenvalue weighted by molar-refractivity contribution is -0.118. The predicted octanol–water partition coefficient (Wildman–Crippen LogP) is 1.81. The Hall–Kier alpha value is -2.61. The van der Waals surface area contributed by atoms with Crippen LogP contribution in [0.1, 0.15) is 25.1 Å². The second-order valence-electron chi connectivity index (χ2n) is 5.43. The van der Waals surface area contributed by atoms with Crippen LogP contribution in [-0.2, 0) is 4.79 Å². The molecule has 0 spiro atoms. The van der Waals surface area contributed by atoms with Crippen LogP contribution in [0.3, 0.4) is 0 Å². The molecule has 1 atom stereocenters. The highest BCUT2D eigenvalue weighted by molar-refractivity contribution is 8.15. The average Bonchev–Trinajstić information content (AvgIpc) is 3.05. The van der Waals surface area contributed by atoms with E-state index in [1.165, 1.54) is 16.4 Å². The van der Waals surface area contributed by atoms with Gasteiger partial charge in [-0.3, -0.25) is 14.7 Å². The standard InChI is InChI=1S/C16H17N5O2S/c1-9(18-19-16-17-14(22)11(3)24-16)13-10(2)20-21(15(13)23)12-7-5-4-6-8-12/h4-8,11,20H,1-3H3,(H,17,19,22). The van der Waals surface area contributed by atoms with E-state index in [9.17, 15) is 9.59 Å². The molecule has 1 fully saturated rings. The highest BCUT2D eigenvalue weighted by Gasteiger charge is 2.26. The van der Waals surface area contributed by atoms with Gasteiger partial charge in [-0.05, 0) is 32.9 Å². The summed E-state index contributed by atoms with van der Waals surface area (Å²) in [5.41, 5.74) is 2.25. The Bertz CT molecular complexity index is 895. The highest BCUT2D eigenvalue weighted by atomic mass is 32.2. The second-order valence-corrected chi connectivity index (χ2v) is 6.76. The topological polar surface area (TPSA) is 91.6 Å². The first-order valence-corrected chi connectivity index (χ1v) is 8.32. The van der Waals surface area contributed by atoms with Crippen LogP contribution in [0.25, 0.3) is 5.69 Å². The Kier molecular flexibility index (Phi) is 4.39. The van der Waals surface area contributed by atoms with E-state index in [1.54, 1.807) is 13.8 Å². The van der Waals surface area contributed by atoms with E-state index in [1.807, 2.05) is 37.3 Å². The number of amides is 1. The monoisotopic (exact) mass is 343 g/mol. The number of aromatic amines is 1. The average molecular weight is 343 g/mol. The van der Waals surface area contributed by atoms with Crippen molar-refractivity contribution in [2.45, 2.75) is 26.0 Å². The second kappa shape index (κ2) is 6.48. The predicted molar refractivity (Wildman–Crippen MR) is 96.0 cm³/mol. The summed E-state index contributed by atoms with van der Waals surface area (Å²) in [6, 6.07) is 9.32. The number of aromatic nitrogens is 2. The van der Waals surface area contributed by atoms with E-state index >= 15 is 0 Å². The largest absolute Gasteiger partial charge is 0.303 e. The molecule has 24 heavy (non-hydrogen) atoms. The molecule has 1 unspecified atom stereocenters. The first-order valence-electron chi connectivity index (χ1n) is 7.44. The van der Waals surface area contributed by atoms with Crippen molar-refractivity contribution in [3.63, 3.8) is 0 Å². The van der Waals surface area contributed by atoms with Crippen molar-refractivity contribution in [1.29, 1.82) is 0 Å².